The molecule has 0 heterocycles. The van der Waals surface area contributed by atoms with Crippen molar-refractivity contribution in [3.05, 3.63) is 24.3 Å². The Morgan fingerprint density at radius 3 is 2.47 bits per heavy atom. The van der Waals surface area contributed by atoms with Gasteiger partial charge in [0.15, 0.2) is 0 Å². The van der Waals surface area contributed by atoms with Crippen molar-refractivity contribution in [2.24, 2.45) is 0 Å². The summed E-state index contributed by atoms with van der Waals surface area (Å²) in [5.74, 6) is 0. The first-order chi connectivity index (χ1) is 7.78. The van der Waals surface area contributed by atoms with Crippen molar-refractivity contribution >= 4 is 17.4 Å². The molecule has 0 atom stereocenters. The molecule has 0 saturated carbocycles. The second kappa shape index (κ2) is 4.94. The van der Waals surface area contributed by atoms with Gasteiger partial charge in [-0.05, 0) is 18.2 Å². The summed E-state index contributed by atoms with van der Waals surface area (Å²) >= 11 is 0. The zero-order valence-electron chi connectivity index (χ0n) is 9.30. The van der Waals surface area contributed by atoms with Crippen LogP contribution in [-0.2, 0) is 0 Å². The lowest BCUT2D eigenvalue weighted by molar-refractivity contribution is -0.144. The molecule has 2 amide bonds. The average molecular weight is 247 g/mol. The lowest BCUT2D eigenvalue weighted by Gasteiger charge is -2.14. The first-order valence-corrected chi connectivity index (χ1v) is 4.71. The number of rotatable bonds is 2. The molecule has 0 aromatic heterocycles. The summed E-state index contributed by atoms with van der Waals surface area (Å²) in [5.41, 5.74) is 1.06. The number of halogens is 3. The standard InChI is InChI=1S/C10H12F3N3O/c1-16(2)8-5-3-4-7(6-8)14-9(17)15-10(11,12)13/h3-6H,1-2H3,(H2,14,15,17). The number of carbonyl (C=O) groups excluding carboxylic acids is 1. The van der Waals surface area contributed by atoms with E-state index in [1.807, 2.05) is 0 Å². The largest absolute Gasteiger partial charge is 0.485 e. The zero-order chi connectivity index (χ0) is 13.1. The van der Waals surface area contributed by atoms with Crippen LogP contribution < -0.4 is 15.5 Å². The van der Waals surface area contributed by atoms with Crippen LogP contribution in [0.4, 0.5) is 29.3 Å². The van der Waals surface area contributed by atoms with Gasteiger partial charge in [0.2, 0.25) is 0 Å². The van der Waals surface area contributed by atoms with Crippen molar-refractivity contribution < 1.29 is 18.0 Å². The molecule has 4 nitrogen and oxygen atoms in total. The van der Waals surface area contributed by atoms with Crippen molar-refractivity contribution in [2.75, 3.05) is 24.3 Å². The molecular formula is C10H12F3N3O. The lowest BCUT2D eigenvalue weighted by atomic mass is 10.2. The van der Waals surface area contributed by atoms with Crippen molar-refractivity contribution in [3.8, 4) is 0 Å². The molecule has 0 unspecified atom stereocenters. The summed E-state index contributed by atoms with van der Waals surface area (Å²) in [5, 5.41) is 2.95. The maximum Gasteiger partial charge on any atom is 0.485 e. The Balaban J connectivity index is 2.69. The number of amides is 2. The summed E-state index contributed by atoms with van der Waals surface area (Å²) < 4.78 is 35.5. The highest BCUT2D eigenvalue weighted by Gasteiger charge is 2.29. The molecule has 94 valence electrons. The predicted octanol–water partition coefficient (Wildman–Crippen LogP) is 2.39. The quantitative estimate of drug-likeness (QED) is 0.788. The molecule has 17 heavy (non-hydrogen) atoms. The number of benzene rings is 1. The highest BCUT2D eigenvalue weighted by Crippen LogP contribution is 2.17. The van der Waals surface area contributed by atoms with Gasteiger partial charge < -0.3 is 10.2 Å². The van der Waals surface area contributed by atoms with E-state index >= 15 is 0 Å². The van der Waals surface area contributed by atoms with Crippen LogP contribution >= 0.6 is 0 Å². The summed E-state index contributed by atoms with van der Waals surface area (Å²) in [6.45, 7) is 0. The Kier molecular flexibility index (Phi) is 3.82. The van der Waals surface area contributed by atoms with Crippen LogP contribution in [0.3, 0.4) is 0 Å². The van der Waals surface area contributed by atoms with Crippen molar-refractivity contribution in [1.82, 2.24) is 5.32 Å². The number of anilines is 2. The molecule has 0 spiro atoms. The van der Waals surface area contributed by atoms with Crippen LogP contribution in [0.1, 0.15) is 0 Å². The Morgan fingerprint density at radius 2 is 1.94 bits per heavy atom. The van der Waals surface area contributed by atoms with Crippen LogP contribution in [0.15, 0.2) is 24.3 Å². The maximum absolute atomic E-state index is 11.8. The molecular weight excluding hydrogens is 235 g/mol. The van der Waals surface area contributed by atoms with E-state index < -0.39 is 12.3 Å². The average Bonchev–Trinajstić information content (AvgIpc) is 2.14. The van der Waals surface area contributed by atoms with E-state index in [4.69, 9.17) is 0 Å². The number of nitrogens with zero attached hydrogens (tertiary/aromatic N) is 1. The number of hydrogen-bond donors (Lipinski definition) is 2. The second-order valence-electron chi connectivity index (χ2n) is 3.52. The minimum absolute atomic E-state index is 0.290. The van der Waals surface area contributed by atoms with Crippen molar-refractivity contribution in [1.29, 1.82) is 0 Å². The van der Waals surface area contributed by atoms with E-state index in [0.29, 0.717) is 0 Å². The Morgan fingerprint density at radius 1 is 1.29 bits per heavy atom. The van der Waals surface area contributed by atoms with E-state index in [1.165, 1.54) is 6.07 Å². The van der Waals surface area contributed by atoms with Crippen LogP contribution in [-0.4, -0.2) is 26.4 Å². The molecule has 7 heteroatoms. The number of nitrogens with one attached hydrogen (secondary N) is 2. The lowest BCUT2D eigenvalue weighted by Crippen LogP contribution is -2.40. The third-order valence-corrected chi connectivity index (χ3v) is 1.88. The highest BCUT2D eigenvalue weighted by molar-refractivity contribution is 5.90. The fourth-order valence-corrected chi connectivity index (χ4v) is 1.15. The fraction of sp³-hybridized carbons (Fsp3) is 0.300. The topological polar surface area (TPSA) is 44.4 Å². The Labute approximate surface area is 96.4 Å². The summed E-state index contributed by atoms with van der Waals surface area (Å²) in [7, 11) is 3.57. The summed E-state index contributed by atoms with van der Waals surface area (Å²) in [6.07, 6.45) is -4.73. The predicted molar refractivity (Wildman–Crippen MR) is 59.0 cm³/mol. The van der Waals surface area contributed by atoms with Gasteiger partial charge >= 0.3 is 12.3 Å². The number of carbonyl (C=O) groups is 1. The van der Waals surface area contributed by atoms with Gasteiger partial charge in [0, 0.05) is 25.5 Å². The number of hydrogen-bond acceptors (Lipinski definition) is 2. The minimum atomic E-state index is -4.73. The summed E-state index contributed by atoms with van der Waals surface area (Å²) in [4.78, 5) is 12.7. The Bertz CT molecular complexity index is 404. The van der Waals surface area contributed by atoms with E-state index in [9.17, 15) is 18.0 Å². The van der Waals surface area contributed by atoms with Gasteiger partial charge in [0.05, 0.1) is 0 Å². The van der Waals surface area contributed by atoms with Crippen LogP contribution in [0.5, 0.6) is 0 Å². The normalized spacial score (nSPS) is 10.9. The van der Waals surface area contributed by atoms with Crippen LogP contribution in [0.25, 0.3) is 0 Å². The van der Waals surface area contributed by atoms with Crippen molar-refractivity contribution in [3.63, 3.8) is 0 Å². The van der Waals surface area contributed by atoms with Crippen LogP contribution in [0, 0.1) is 0 Å². The van der Waals surface area contributed by atoms with E-state index in [-0.39, 0.29) is 5.69 Å². The molecule has 0 aliphatic carbocycles. The molecule has 0 aliphatic heterocycles. The van der Waals surface area contributed by atoms with Gasteiger partial charge in [-0.1, -0.05) is 6.07 Å². The van der Waals surface area contributed by atoms with E-state index in [0.717, 1.165) is 11.0 Å². The summed E-state index contributed by atoms with van der Waals surface area (Å²) in [6, 6.07) is 5.16. The fourth-order valence-electron chi connectivity index (χ4n) is 1.15. The first kappa shape index (κ1) is 13.1. The molecule has 0 fully saturated rings. The molecule has 0 radical (unpaired) electrons. The van der Waals surface area contributed by atoms with Crippen LogP contribution in [0.2, 0.25) is 0 Å². The van der Waals surface area contributed by atoms with Gasteiger partial charge in [-0.3, -0.25) is 0 Å². The monoisotopic (exact) mass is 247 g/mol. The highest BCUT2D eigenvalue weighted by atomic mass is 19.4. The number of alkyl halides is 3. The Hall–Kier alpha value is -1.92. The maximum atomic E-state index is 11.8. The molecule has 2 N–H and O–H groups in total. The molecule has 0 aliphatic rings. The second-order valence-corrected chi connectivity index (χ2v) is 3.52. The smallest absolute Gasteiger partial charge is 0.378 e. The third-order valence-electron chi connectivity index (χ3n) is 1.88. The van der Waals surface area contributed by atoms with Gasteiger partial charge in [0.1, 0.15) is 0 Å². The molecule has 0 saturated heterocycles. The van der Waals surface area contributed by atoms with E-state index in [2.05, 4.69) is 5.32 Å². The minimum Gasteiger partial charge on any atom is -0.378 e. The molecule has 0 bridgehead atoms. The van der Waals surface area contributed by atoms with Gasteiger partial charge in [0.25, 0.3) is 0 Å². The third kappa shape index (κ3) is 4.62. The molecule has 1 rings (SSSR count). The molecule has 1 aromatic rings. The molecule has 1 aromatic carbocycles. The van der Waals surface area contributed by atoms with Crippen molar-refractivity contribution in [2.45, 2.75) is 6.30 Å². The zero-order valence-corrected chi connectivity index (χ0v) is 9.30. The first-order valence-electron chi connectivity index (χ1n) is 4.71. The van der Waals surface area contributed by atoms with Gasteiger partial charge in [-0.2, -0.15) is 13.2 Å². The van der Waals surface area contributed by atoms with Gasteiger partial charge in [-0.15, -0.1) is 0 Å². The van der Waals surface area contributed by atoms with E-state index in [1.54, 1.807) is 37.2 Å². The SMILES string of the molecule is CN(C)c1cccc(NC(=O)NC(F)(F)F)c1. The van der Waals surface area contributed by atoms with Gasteiger partial charge in [-0.25, -0.2) is 10.1 Å². The number of urea groups is 1.